The molecule has 2 nitrogen and oxygen atoms in total. The molecular formula is C48H30N2. The molecule has 0 amide bonds. The first-order valence-electron chi connectivity index (χ1n) is 17.7. The Morgan fingerprint density at radius 1 is 0.400 bits per heavy atom. The van der Waals surface area contributed by atoms with Gasteiger partial charge in [-0.1, -0.05) is 103 Å². The Bertz CT molecular complexity index is 3140. The number of nitrogens with zero attached hydrogens (tertiary/aromatic N) is 2. The van der Waals surface area contributed by atoms with Gasteiger partial charge >= 0.3 is 0 Å². The summed E-state index contributed by atoms with van der Waals surface area (Å²) < 4.78 is 4.96. The Morgan fingerprint density at radius 3 is 1.62 bits per heavy atom. The van der Waals surface area contributed by atoms with Crippen molar-refractivity contribution in [3.05, 3.63) is 163 Å². The molecule has 0 unspecified atom stereocenters. The predicted molar refractivity (Wildman–Crippen MR) is 213 cm³/mol. The van der Waals surface area contributed by atoms with E-state index in [0.29, 0.717) is 0 Å². The molecule has 3 heterocycles. The second-order valence-corrected chi connectivity index (χ2v) is 14.0. The zero-order valence-corrected chi connectivity index (χ0v) is 27.3. The molecule has 0 radical (unpaired) electrons. The maximum Gasteiger partial charge on any atom is 0.0620 e. The second kappa shape index (κ2) is 9.62. The first kappa shape index (κ1) is 26.6. The SMILES string of the molecule is C1=Cc2c(c3cc(-c4cc5c6ccccc6n6c7ccccc7c(c4)c56)ccc3n2-c2ccc3c4ccccc4c4ccccc4c3c2)CC1. The van der Waals surface area contributed by atoms with Gasteiger partial charge in [0.1, 0.15) is 0 Å². The van der Waals surface area contributed by atoms with Crippen molar-refractivity contribution in [3.8, 4) is 16.8 Å². The number of allylic oxidation sites excluding steroid dienone is 1. The van der Waals surface area contributed by atoms with Gasteiger partial charge in [-0.3, -0.25) is 0 Å². The Morgan fingerprint density at radius 2 is 0.960 bits per heavy atom. The summed E-state index contributed by atoms with van der Waals surface area (Å²) in [5.41, 5.74) is 11.6. The van der Waals surface area contributed by atoms with Crippen molar-refractivity contribution < 1.29 is 0 Å². The molecule has 0 saturated heterocycles. The summed E-state index contributed by atoms with van der Waals surface area (Å²) in [5.74, 6) is 0. The molecule has 0 atom stereocenters. The standard InChI is InChI=1S/C48H30N2/c1-2-13-34-32(11-1)33-12-3-4-14-35(33)40-28-31(22-23-36(34)40)49-44-18-8-5-15-37(44)41-25-29(21-24-47(41)49)30-26-42-38-16-6-9-19-45(38)50-46-20-10-7-17-39(46)43(27-30)48(42)50/h1-4,6-14,16-28H,5,15H2. The van der Waals surface area contributed by atoms with Crippen LogP contribution in [0.15, 0.2) is 152 Å². The zero-order valence-electron chi connectivity index (χ0n) is 27.3. The molecule has 8 aromatic carbocycles. The monoisotopic (exact) mass is 634 g/mol. The van der Waals surface area contributed by atoms with Gasteiger partial charge in [0.05, 0.1) is 22.1 Å². The lowest BCUT2D eigenvalue weighted by atomic mass is 9.94. The summed E-state index contributed by atoms with van der Waals surface area (Å²) in [6, 6.07) is 54.5. The van der Waals surface area contributed by atoms with Crippen LogP contribution in [0.2, 0.25) is 0 Å². The zero-order chi connectivity index (χ0) is 32.5. The first-order chi connectivity index (χ1) is 24.8. The Labute approximate surface area is 288 Å². The van der Waals surface area contributed by atoms with Crippen LogP contribution < -0.4 is 0 Å². The minimum atomic E-state index is 1.05. The number of hydrogen-bond donors (Lipinski definition) is 0. The van der Waals surface area contributed by atoms with Crippen LogP contribution in [0.1, 0.15) is 17.7 Å². The van der Waals surface area contributed by atoms with E-state index in [4.69, 9.17) is 0 Å². The van der Waals surface area contributed by atoms with E-state index in [2.05, 4.69) is 167 Å². The molecule has 0 spiro atoms. The van der Waals surface area contributed by atoms with Crippen LogP contribution in [0.4, 0.5) is 0 Å². The molecule has 0 bridgehead atoms. The molecule has 0 N–H and O–H groups in total. The second-order valence-electron chi connectivity index (χ2n) is 14.0. The highest BCUT2D eigenvalue weighted by Crippen LogP contribution is 2.44. The molecular weight excluding hydrogens is 605 g/mol. The van der Waals surface area contributed by atoms with E-state index in [9.17, 15) is 0 Å². The topological polar surface area (TPSA) is 9.34 Å². The molecule has 0 saturated carbocycles. The van der Waals surface area contributed by atoms with Gasteiger partial charge < -0.3 is 8.97 Å². The fourth-order valence-corrected chi connectivity index (χ4v) is 9.34. The van der Waals surface area contributed by atoms with Gasteiger partial charge in [-0.05, 0) is 116 Å². The molecule has 11 aromatic rings. The number of aryl methyl sites for hydroxylation is 1. The molecule has 0 fully saturated rings. The van der Waals surface area contributed by atoms with Crippen molar-refractivity contribution in [2.45, 2.75) is 12.8 Å². The smallest absolute Gasteiger partial charge is 0.0620 e. The number of para-hydroxylation sites is 2. The minimum absolute atomic E-state index is 1.05. The summed E-state index contributed by atoms with van der Waals surface area (Å²) >= 11 is 0. The molecule has 2 heteroatoms. The van der Waals surface area contributed by atoms with Gasteiger partial charge in [0.2, 0.25) is 0 Å². The fraction of sp³-hybridized carbons (Fsp3) is 0.0417. The highest BCUT2D eigenvalue weighted by atomic mass is 15.0. The van der Waals surface area contributed by atoms with Crippen LogP contribution in [-0.2, 0) is 6.42 Å². The third-order valence-corrected chi connectivity index (χ3v) is 11.5. The Balaban J connectivity index is 1.11. The van der Waals surface area contributed by atoms with Crippen LogP contribution in [0, 0.1) is 0 Å². The third-order valence-electron chi connectivity index (χ3n) is 11.5. The van der Waals surface area contributed by atoms with E-state index in [-0.39, 0.29) is 0 Å². The minimum Gasteiger partial charge on any atom is -0.310 e. The third kappa shape index (κ3) is 3.38. The number of rotatable bonds is 2. The van der Waals surface area contributed by atoms with Crippen molar-refractivity contribution in [3.63, 3.8) is 0 Å². The van der Waals surface area contributed by atoms with Gasteiger partial charge in [0.15, 0.2) is 0 Å². The van der Waals surface area contributed by atoms with Gasteiger partial charge in [-0.15, -0.1) is 0 Å². The summed E-state index contributed by atoms with van der Waals surface area (Å²) in [7, 11) is 0. The van der Waals surface area contributed by atoms with Crippen molar-refractivity contribution in [1.82, 2.24) is 8.97 Å². The quantitative estimate of drug-likeness (QED) is 0.167. The van der Waals surface area contributed by atoms with Crippen LogP contribution in [0.25, 0.3) is 104 Å². The predicted octanol–water partition coefficient (Wildman–Crippen LogP) is 12.9. The molecule has 3 aromatic heterocycles. The highest BCUT2D eigenvalue weighted by Gasteiger charge is 2.22. The highest BCUT2D eigenvalue weighted by molar-refractivity contribution is 6.26. The Kier molecular flexibility index (Phi) is 5.11. The van der Waals surface area contributed by atoms with Crippen LogP contribution in [0.3, 0.4) is 0 Å². The van der Waals surface area contributed by atoms with Gasteiger partial charge in [0.25, 0.3) is 0 Å². The number of benzene rings is 8. The van der Waals surface area contributed by atoms with E-state index >= 15 is 0 Å². The number of fused-ring (bicyclic) bond motifs is 15. The van der Waals surface area contributed by atoms with E-state index in [1.54, 1.807) is 0 Å². The normalized spacial score (nSPS) is 13.4. The Hall–Kier alpha value is -6.38. The summed E-state index contributed by atoms with van der Waals surface area (Å²) in [4.78, 5) is 0. The van der Waals surface area contributed by atoms with Crippen molar-refractivity contribution in [2.24, 2.45) is 0 Å². The molecule has 1 aliphatic rings. The van der Waals surface area contributed by atoms with Crippen LogP contribution in [-0.4, -0.2) is 8.97 Å². The van der Waals surface area contributed by atoms with Crippen molar-refractivity contribution in [1.29, 1.82) is 0 Å². The number of hydrogen-bond acceptors (Lipinski definition) is 0. The molecule has 1 aliphatic carbocycles. The molecule has 232 valence electrons. The summed E-state index contributed by atoms with van der Waals surface area (Å²) in [6.07, 6.45) is 6.80. The molecule has 0 aliphatic heterocycles. The van der Waals surface area contributed by atoms with E-state index in [1.807, 2.05) is 0 Å². The molecule has 12 rings (SSSR count). The maximum atomic E-state index is 2.50. The van der Waals surface area contributed by atoms with Gasteiger partial charge in [-0.25, -0.2) is 0 Å². The summed E-state index contributed by atoms with van der Waals surface area (Å²) in [6.45, 7) is 0. The number of aromatic nitrogens is 2. The molecule has 50 heavy (non-hydrogen) atoms. The van der Waals surface area contributed by atoms with E-state index in [0.717, 1.165) is 12.8 Å². The lowest BCUT2D eigenvalue weighted by Gasteiger charge is -2.15. The van der Waals surface area contributed by atoms with Crippen LogP contribution in [0.5, 0.6) is 0 Å². The van der Waals surface area contributed by atoms with E-state index in [1.165, 1.54) is 109 Å². The van der Waals surface area contributed by atoms with Crippen LogP contribution >= 0.6 is 0 Å². The first-order valence-corrected chi connectivity index (χ1v) is 17.7. The average molecular weight is 635 g/mol. The van der Waals surface area contributed by atoms with Crippen molar-refractivity contribution in [2.75, 3.05) is 0 Å². The maximum absolute atomic E-state index is 2.50. The largest absolute Gasteiger partial charge is 0.310 e. The average Bonchev–Trinajstić information content (AvgIpc) is 3.82. The fourth-order valence-electron chi connectivity index (χ4n) is 9.34. The summed E-state index contributed by atoms with van der Waals surface area (Å²) in [5, 5.41) is 14.5. The van der Waals surface area contributed by atoms with Gasteiger partial charge in [-0.2, -0.15) is 0 Å². The lowest BCUT2D eigenvalue weighted by Crippen LogP contribution is -2.00. The van der Waals surface area contributed by atoms with Crippen molar-refractivity contribution >= 4 is 87.4 Å². The van der Waals surface area contributed by atoms with Gasteiger partial charge in [0, 0.05) is 38.3 Å². The van der Waals surface area contributed by atoms with E-state index < -0.39 is 0 Å². The lowest BCUT2D eigenvalue weighted by molar-refractivity contribution is 0.968.